The van der Waals surface area contributed by atoms with E-state index < -0.39 is 0 Å². The third kappa shape index (κ3) is 3.93. The normalized spacial score (nSPS) is 16.1. The molecule has 0 aliphatic carbocycles. The van der Waals surface area contributed by atoms with Gasteiger partial charge in [0, 0.05) is 26.2 Å². The fraction of sp³-hybridized carbons (Fsp3) is 0.429. The molecule has 4 rings (SSSR count). The summed E-state index contributed by atoms with van der Waals surface area (Å²) in [6.45, 7) is 6.74. The maximum Gasteiger partial charge on any atom is 0.289 e. The minimum atomic E-state index is -0.117. The average Bonchev–Trinajstić information content (AvgIpc) is 3.47. The van der Waals surface area contributed by atoms with E-state index in [0.29, 0.717) is 31.9 Å². The first-order chi connectivity index (χ1) is 14.6. The molecule has 9 nitrogen and oxygen atoms in total. The van der Waals surface area contributed by atoms with Gasteiger partial charge in [-0.3, -0.25) is 9.69 Å². The molecule has 3 heterocycles. The van der Waals surface area contributed by atoms with E-state index in [1.807, 2.05) is 33.8 Å². The zero-order valence-electron chi connectivity index (χ0n) is 17.4. The molecule has 0 radical (unpaired) electrons. The summed E-state index contributed by atoms with van der Waals surface area (Å²) in [5.74, 6) is 1.89. The highest BCUT2D eigenvalue weighted by Crippen LogP contribution is 2.30. The molecule has 0 bridgehead atoms. The Bertz CT molecular complexity index is 959. The maximum absolute atomic E-state index is 12.6. The second-order valence-electron chi connectivity index (χ2n) is 7.56. The summed E-state index contributed by atoms with van der Waals surface area (Å²) in [6.07, 6.45) is 1.52. The van der Waals surface area contributed by atoms with E-state index >= 15 is 0 Å². The number of nitrogens with zero attached hydrogens (tertiary/aromatic N) is 6. The monoisotopic (exact) mass is 410 g/mol. The summed E-state index contributed by atoms with van der Waals surface area (Å²) in [4.78, 5) is 16.8. The van der Waals surface area contributed by atoms with Gasteiger partial charge >= 0.3 is 0 Å². The van der Waals surface area contributed by atoms with Gasteiger partial charge in [-0.25, -0.2) is 4.68 Å². The third-order valence-corrected chi connectivity index (χ3v) is 5.38. The SMILES string of the molecule is COc1ccc([C@@H](c2nnnn2C(C)C)N2CCN(C(=O)c3ccco3)CC2)cc1. The summed E-state index contributed by atoms with van der Waals surface area (Å²) in [7, 11) is 1.65. The van der Waals surface area contributed by atoms with Crippen molar-refractivity contribution in [1.29, 1.82) is 0 Å². The molecule has 3 aromatic rings. The average molecular weight is 410 g/mol. The van der Waals surface area contributed by atoms with E-state index in [4.69, 9.17) is 9.15 Å². The first kappa shape index (κ1) is 20.1. The fourth-order valence-electron chi connectivity index (χ4n) is 3.80. The van der Waals surface area contributed by atoms with E-state index in [2.05, 4.69) is 34.3 Å². The predicted octanol–water partition coefficient (Wildman–Crippen LogP) is 2.40. The van der Waals surface area contributed by atoms with Crippen LogP contribution >= 0.6 is 0 Å². The highest BCUT2D eigenvalue weighted by atomic mass is 16.5. The first-order valence-electron chi connectivity index (χ1n) is 10.1. The van der Waals surface area contributed by atoms with Crippen molar-refractivity contribution in [2.75, 3.05) is 33.3 Å². The highest BCUT2D eigenvalue weighted by Gasteiger charge is 2.32. The van der Waals surface area contributed by atoms with Crippen molar-refractivity contribution in [3.63, 3.8) is 0 Å². The number of carbonyl (C=O) groups excluding carboxylic acids is 1. The molecule has 2 aromatic heterocycles. The molecule has 1 amide bonds. The van der Waals surface area contributed by atoms with Gasteiger partial charge in [-0.05, 0) is 54.1 Å². The van der Waals surface area contributed by atoms with Crippen LogP contribution < -0.4 is 4.74 Å². The van der Waals surface area contributed by atoms with Crippen LogP contribution in [0.1, 0.15) is 47.9 Å². The van der Waals surface area contributed by atoms with Crippen LogP contribution in [0.3, 0.4) is 0 Å². The number of aromatic nitrogens is 4. The third-order valence-electron chi connectivity index (χ3n) is 5.38. The van der Waals surface area contributed by atoms with Crippen LogP contribution in [0.15, 0.2) is 47.1 Å². The number of piperazine rings is 1. The number of rotatable bonds is 6. The van der Waals surface area contributed by atoms with Crippen LogP contribution in [-0.4, -0.2) is 69.2 Å². The summed E-state index contributed by atoms with van der Waals surface area (Å²) in [6, 6.07) is 11.4. The Morgan fingerprint density at radius 2 is 1.83 bits per heavy atom. The van der Waals surface area contributed by atoms with Crippen LogP contribution in [0.5, 0.6) is 5.75 Å². The van der Waals surface area contributed by atoms with E-state index in [0.717, 1.165) is 17.1 Å². The maximum atomic E-state index is 12.6. The number of amides is 1. The quantitative estimate of drug-likeness (QED) is 0.616. The van der Waals surface area contributed by atoms with E-state index in [1.165, 1.54) is 6.26 Å². The lowest BCUT2D eigenvalue weighted by Crippen LogP contribution is -2.50. The fourth-order valence-corrected chi connectivity index (χ4v) is 3.80. The van der Waals surface area contributed by atoms with E-state index in [9.17, 15) is 4.79 Å². The van der Waals surface area contributed by atoms with Crippen molar-refractivity contribution in [2.24, 2.45) is 0 Å². The van der Waals surface area contributed by atoms with Gasteiger partial charge in [0.1, 0.15) is 5.75 Å². The summed E-state index contributed by atoms with van der Waals surface area (Å²) < 4.78 is 12.4. The lowest BCUT2D eigenvalue weighted by molar-refractivity contribution is 0.0558. The zero-order chi connectivity index (χ0) is 21.1. The van der Waals surface area contributed by atoms with Gasteiger partial charge in [0.2, 0.25) is 0 Å². The summed E-state index contributed by atoms with van der Waals surface area (Å²) in [5, 5.41) is 12.5. The van der Waals surface area contributed by atoms with Crippen LogP contribution in [0.25, 0.3) is 0 Å². The topological polar surface area (TPSA) is 89.5 Å². The molecule has 0 N–H and O–H groups in total. The van der Waals surface area contributed by atoms with Gasteiger partial charge in [-0.15, -0.1) is 5.10 Å². The van der Waals surface area contributed by atoms with Crippen molar-refractivity contribution in [3.8, 4) is 5.75 Å². The number of hydrogen-bond acceptors (Lipinski definition) is 7. The Kier molecular flexibility index (Phi) is 5.80. The number of ether oxygens (including phenoxy) is 1. The minimum Gasteiger partial charge on any atom is -0.497 e. The lowest BCUT2D eigenvalue weighted by atomic mass is 10.0. The Morgan fingerprint density at radius 3 is 2.43 bits per heavy atom. The van der Waals surface area contributed by atoms with Gasteiger partial charge < -0.3 is 14.1 Å². The number of carbonyl (C=O) groups is 1. The number of benzene rings is 1. The molecular weight excluding hydrogens is 384 g/mol. The van der Waals surface area contributed by atoms with Crippen LogP contribution in [-0.2, 0) is 0 Å². The van der Waals surface area contributed by atoms with Crippen molar-refractivity contribution in [3.05, 3.63) is 59.8 Å². The molecule has 1 aromatic carbocycles. The highest BCUT2D eigenvalue weighted by molar-refractivity contribution is 5.91. The molecular formula is C21H26N6O3. The van der Waals surface area contributed by atoms with Gasteiger partial charge in [0.25, 0.3) is 5.91 Å². The number of hydrogen-bond donors (Lipinski definition) is 0. The molecule has 1 saturated heterocycles. The molecule has 1 aliphatic heterocycles. The van der Waals surface area contributed by atoms with Crippen molar-refractivity contribution in [2.45, 2.75) is 25.9 Å². The molecule has 0 spiro atoms. The Labute approximate surface area is 175 Å². The number of methoxy groups -OCH3 is 1. The zero-order valence-corrected chi connectivity index (χ0v) is 17.4. The first-order valence-corrected chi connectivity index (χ1v) is 10.1. The van der Waals surface area contributed by atoms with Gasteiger partial charge in [0.15, 0.2) is 11.6 Å². The van der Waals surface area contributed by atoms with Gasteiger partial charge in [-0.1, -0.05) is 12.1 Å². The largest absolute Gasteiger partial charge is 0.497 e. The van der Waals surface area contributed by atoms with Gasteiger partial charge in [0.05, 0.1) is 25.5 Å². The molecule has 1 atom stereocenters. The smallest absolute Gasteiger partial charge is 0.289 e. The predicted molar refractivity (Wildman–Crippen MR) is 109 cm³/mol. The second kappa shape index (κ2) is 8.66. The standard InChI is InChI=1S/C21H26N6O3/c1-15(2)27-20(22-23-24-27)19(16-6-8-17(29-3)9-7-16)25-10-12-26(13-11-25)21(28)18-5-4-14-30-18/h4-9,14-15,19H,10-13H2,1-3H3/t19-/m0/s1. The van der Waals surface area contributed by atoms with Crippen LogP contribution in [0.2, 0.25) is 0 Å². The van der Waals surface area contributed by atoms with Crippen molar-refractivity contribution < 1.29 is 13.9 Å². The molecule has 1 aliphatic rings. The van der Waals surface area contributed by atoms with Gasteiger partial charge in [-0.2, -0.15) is 0 Å². The molecule has 9 heteroatoms. The van der Waals surface area contributed by atoms with E-state index in [1.54, 1.807) is 19.2 Å². The van der Waals surface area contributed by atoms with Crippen molar-refractivity contribution in [1.82, 2.24) is 30.0 Å². The minimum absolute atomic E-state index is 0.0762. The molecule has 30 heavy (non-hydrogen) atoms. The molecule has 0 unspecified atom stereocenters. The lowest BCUT2D eigenvalue weighted by Gasteiger charge is -2.38. The van der Waals surface area contributed by atoms with E-state index in [-0.39, 0.29) is 18.0 Å². The molecule has 1 fully saturated rings. The summed E-state index contributed by atoms with van der Waals surface area (Å²) >= 11 is 0. The summed E-state index contributed by atoms with van der Waals surface area (Å²) in [5.41, 5.74) is 1.08. The Balaban J connectivity index is 1.58. The Hall–Kier alpha value is -3.20. The number of tetrazole rings is 1. The molecule has 158 valence electrons. The Morgan fingerprint density at radius 1 is 1.10 bits per heavy atom. The van der Waals surface area contributed by atoms with Crippen molar-refractivity contribution >= 4 is 5.91 Å². The second-order valence-corrected chi connectivity index (χ2v) is 7.56. The number of furan rings is 1. The van der Waals surface area contributed by atoms with Crippen LogP contribution in [0.4, 0.5) is 0 Å². The molecule has 0 saturated carbocycles. The van der Waals surface area contributed by atoms with Crippen LogP contribution in [0, 0.1) is 0 Å².